The van der Waals surface area contributed by atoms with Gasteiger partial charge in [-0.2, -0.15) is 0 Å². The third-order valence-corrected chi connectivity index (χ3v) is 3.45. The first-order valence-corrected chi connectivity index (χ1v) is 6.51. The Hall–Kier alpha value is -2.19. The zero-order valence-electron chi connectivity index (χ0n) is 11.6. The summed E-state index contributed by atoms with van der Waals surface area (Å²) in [6.45, 7) is 2.13. The molecule has 2 rings (SSSR count). The Labute approximate surface area is 121 Å². The van der Waals surface area contributed by atoms with E-state index in [0.29, 0.717) is 6.61 Å². The van der Waals surface area contributed by atoms with Crippen molar-refractivity contribution in [1.29, 1.82) is 0 Å². The van der Waals surface area contributed by atoms with Crippen molar-refractivity contribution in [2.24, 2.45) is 0 Å². The van der Waals surface area contributed by atoms with Crippen LogP contribution in [-0.4, -0.2) is 52.7 Å². The zero-order chi connectivity index (χ0) is 15.6. The molecule has 2 unspecified atom stereocenters. The molecule has 1 heterocycles. The molecule has 0 bridgehead atoms. The molecule has 3 N–H and O–H groups in total. The normalized spacial score (nSPS) is 22.1. The van der Waals surface area contributed by atoms with Crippen LogP contribution in [0.5, 0.6) is 0 Å². The van der Waals surface area contributed by atoms with Crippen molar-refractivity contribution < 1.29 is 19.6 Å². The Morgan fingerprint density at radius 3 is 2.95 bits per heavy atom. The van der Waals surface area contributed by atoms with Crippen LogP contribution < -0.4 is 5.73 Å². The molecule has 1 aliphatic rings. The first-order valence-electron chi connectivity index (χ1n) is 6.51. The van der Waals surface area contributed by atoms with Crippen LogP contribution in [0.4, 0.5) is 11.4 Å². The van der Waals surface area contributed by atoms with E-state index in [9.17, 15) is 14.9 Å². The quantitative estimate of drug-likeness (QED) is 0.473. The molecule has 114 valence electrons. The summed E-state index contributed by atoms with van der Waals surface area (Å²) in [5.74, 6) is -0.398. The van der Waals surface area contributed by atoms with E-state index in [1.807, 2.05) is 0 Å². The zero-order valence-corrected chi connectivity index (χ0v) is 11.6. The van der Waals surface area contributed by atoms with Gasteiger partial charge in [-0.05, 0) is 13.0 Å². The number of amides is 1. The number of aliphatic hydroxyl groups excluding tert-OH is 1. The van der Waals surface area contributed by atoms with Gasteiger partial charge in [0.1, 0.15) is 0 Å². The molecular weight excluding hydrogens is 278 g/mol. The van der Waals surface area contributed by atoms with Crippen molar-refractivity contribution in [3.05, 3.63) is 33.9 Å². The summed E-state index contributed by atoms with van der Waals surface area (Å²) < 4.78 is 5.36. The molecule has 1 aromatic carbocycles. The standard InChI is InChI=1S/C13H17N3O5/c1-8-7-21-10(6-17)5-15(8)13(18)11-4-9(16(19)20)2-3-12(11)14/h2-4,8,10,17H,5-7,14H2,1H3. The number of non-ortho nitro benzene ring substituents is 1. The van der Waals surface area contributed by atoms with Gasteiger partial charge in [0.2, 0.25) is 0 Å². The highest BCUT2D eigenvalue weighted by atomic mass is 16.6. The molecule has 2 atom stereocenters. The Kier molecular flexibility index (Phi) is 4.39. The highest BCUT2D eigenvalue weighted by Crippen LogP contribution is 2.23. The van der Waals surface area contributed by atoms with Crippen LogP contribution in [0.25, 0.3) is 0 Å². The van der Waals surface area contributed by atoms with Crippen LogP contribution in [0.15, 0.2) is 18.2 Å². The third-order valence-electron chi connectivity index (χ3n) is 3.45. The summed E-state index contributed by atoms with van der Waals surface area (Å²) in [5, 5.41) is 20.0. The molecule has 0 radical (unpaired) electrons. The molecule has 8 heteroatoms. The number of carbonyl (C=O) groups is 1. The summed E-state index contributed by atoms with van der Waals surface area (Å²) in [4.78, 5) is 24.3. The highest BCUT2D eigenvalue weighted by Gasteiger charge is 2.31. The topological polar surface area (TPSA) is 119 Å². The van der Waals surface area contributed by atoms with Gasteiger partial charge in [-0.25, -0.2) is 0 Å². The van der Waals surface area contributed by atoms with E-state index in [2.05, 4.69) is 0 Å². The number of hydrogen-bond donors (Lipinski definition) is 2. The number of nitro groups is 1. The summed E-state index contributed by atoms with van der Waals surface area (Å²) in [6.07, 6.45) is -0.454. The van der Waals surface area contributed by atoms with Gasteiger partial charge in [0.15, 0.2) is 0 Å². The fraction of sp³-hybridized carbons (Fsp3) is 0.462. The maximum atomic E-state index is 12.6. The van der Waals surface area contributed by atoms with Crippen LogP contribution in [0.2, 0.25) is 0 Å². The average Bonchev–Trinajstić information content (AvgIpc) is 2.47. The monoisotopic (exact) mass is 295 g/mol. The van der Waals surface area contributed by atoms with Crippen molar-refractivity contribution in [1.82, 2.24) is 4.90 Å². The van der Waals surface area contributed by atoms with Gasteiger partial charge in [-0.15, -0.1) is 0 Å². The van der Waals surface area contributed by atoms with Gasteiger partial charge in [0.25, 0.3) is 11.6 Å². The van der Waals surface area contributed by atoms with E-state index >= 15 is 0 Å². The molecule has 1 saturated heterocycles. The summed E-state index contributed by atoms with van der Waals surface area (Å²) in [6, 6.07) is 3.58. The molecule has 0 saturated carbocycles. The maximum absolute atomic E-state index is 12.6. The lowest BCUT2D eigenvalue weighted by Crippen LogP contribution is -2.52. The molecule has 1 aromatic rings. The molecule has 1 aliphatic heterocycles. The number of nitrogen functional groups attached to an aromatic ring is 1. The second kappa shape index (κ2) is 6.06. The minimum absolute atomic E-state index is 0.0923. The van der Waals surface area contributed by atoms with Crippen LogP contribution in [0, 0.1) is 10.1 Å². The first kappa shape index (κ1) is 15.2. The first-order chi connectivity index (χ1) is 9.93. The largest absolute Gasteiger partial charge is 0.398 e. The number of rotatable bonds is 3. The SMILES string of the molecule is CC1COC(CO)CN1C(=O)c1cc([N+](=O)[O-])ccc1N. The number of nitrogens with two attached hydrogens (primary N) is 1. The number of aliphatic hydroxyl groups is 1. The van der Waals surface area contributed by atoms with Crippen LogP contribution in [0.3, 0.4) is 0 Å². The van der Waals surface area contributed by atoms with E-state index in [-0.39, 0.29) is 36.1 Å². The average molecular weight is 295 g/mol. The van der Waals surface area contributed by atoms with Crippen molar-refractivity contribution in [2.75, 3.05) is 25.5 Å². The number of carbonyl (C=O) groups excluding carboxylic acids is 1. The second-order valence-corrected chi connectivity index (χ2v) is 4.97. The number of ether oxygens (including phenoxy) is 1. The lowest BCUT2D eigenvalue weighted by Gasteiger charge is -2.37. The molecule has 0 aliphatic carbocycles. The number of morpholine rings is 1. The molecular formula is C13H17N3O5. The van der Waals surface area contributed by atoms with E-state index in [1.165, 1.54) is 23.1 Å². The van der Waals surface area contributed by atoms with Crippen LogP contribution in [-0.2, 0) is 4.74 Å². The van der Waals surface area contributed by atoms with E-state index in [0.717, 1.165) is 0 Å². The Balaban J connectivity index is 2.30. The smallest absolute Gasteiger partial charge is 0.270 e. The van der Waals surface area contributed by atoms with Crippen molar-refractivity contribution >= 4 is 17.3 Å². The lowest BCUT2D eigenvalue weighted by molar-refractivity contribution is -0.384. The van der Waals surface area contributed by atoms with Crippen LogP contribution in [0.1, 0.15) is 17.3 Å². The van der Waals surface area contributed by atoms with E-state index in [1.54, 1.807) is 6.92 Å². The predicted octanol–water partition coefficient (Wildman–Crippen LogP) is 0.399. The maximum Gasteiger partial charge on any atom is 0.270 e. The van der Waals surface area contributed by atoms with Gasteiger partial charge >= 0.3 is 0 Å². The summed E-state index contributed by atoms with van der Waals surface area (Å²) >= 11 is 0. The van der Waals surface area contributed by atoms with Gasteiger partial charge < -0.3 is 20.5 Å². The summed E-state index contributed by atoms with van der Waals surface area (Å²) in [7, 11) is 0. The van der Waals surface area contributed by atoms with Crippen molar-refractivity contribution in [3.8, 4) is 0 Å². The van der Waals surface area contributed by atoms with Crippen LogP contribution >= 0.6 is 0 Å². The fourth-order valence-corrected chi connectivity index (χ4v) is 2.21. The molecule has 8 nitrogen and oxygen atoms in total. The minimum atomic E-state index is -0.574. The van der Waals surface area contributed by atoms with Gasteiger partial charge in [0, 0.05) is 24.4 Å². The van der Waals surface area contributed by atoms with Gasteiger partial charge in [-0.1, -0.05) is 0 Å². The lowest BCUT2D eigenvalue weighted by atomic mass is 10.1. The third kappa shape index (κ3) is 3.11. The number of nitrogens with zero attached hydrogens (tertiary/aromatic N) is 2. The molecule has 1 fully saturated rings. The number of hydrogen-bond acceptors (Lipinski definition) is 6. The fourth-order valence-electron chi connectivity index (χ4n) is 2.21. The number of nitro benzene ring substituents is 1. The Bertz CT molecular complexity index is 563. The van der Waals surface area contributed by atoms with E-state index in [4.69, 9.17) is 15.6 Å². The van der Waals surface area contributed by atoms with Gasteiger partial charge in [0.05, 0.1) is 35.8 Å². The van der Waals surface area contributed by atoms with Crippen molar-refractivity contribution in [3.63, 3.8) is 0 Å². The Morgan fingerprint density at radius 2 is 2.33 bits per heavy atom. The highest BCUT2D eigenvalue weighted by molar-refractivity contribution is 6.00. The minimum Gasteiger partial charge on any atom is -0.398 e. The molecule has 0 aromatic heterocycles. The molecule has 1 amide bonds. The molecule has 21 heavy (non-hydrogen) atoms. The van der Waals surface area contributed by atoms with E-state index < -0.39 is 16.9 Å². The Morgan fingerprint density at radius 1 is 1.62 bits per heavy atom. The second-order valence-electron chi connectivity index (χ2n) is 4.97. The predicted molar refractivity (Wildman–Crippen MR) is 74.8 cm³/mol. The number of benzene rings is 1. The molecule has 0 spiro atoms. The number of anilines is 1. The van der Waals surface area contributed by atoms with Gasteiger partial charge in [-0.3, -0.25) is 14.9 Å². The van der Waals surface area contributed by atoms with Crippen molar-refractivity contribution in [2.45, 2.75) is 19.1 Å². The summed E-state index contributed by atoms with van der Waals surface area (Å²) in [5.41, 5.74) is 5.85.